The Morgan fingerprint density at radius 2 is 2.15 bits per heavy atom. The fourth-order valence-electron chi connectivity index (χ4n) is 2.08. The van der Waals surface area contributed by atoms with Crippen LogP contribution in [0.1, 0.15) is 17.7 Å². The molecule has 0 aliphatic rings. The van der Waals surface area contributed by atoms with Gasteiger partial charge in [-0.05, 0) is 19.1 Å². The Labute approximate surface area is 126 Å². The van der Waals surface area contributed by atoms with E-state index in [0.29, 0.717) is 0 Å². The van der Waals surface area contributed by atoms with Gasteiger partial charge in [0.1, 0.15) is 0 Å². The highest BCUT2D eigenvalue weighted by Crippen LogP contribution is 2.40. The fourth-order valence-corrected chi connectivity index (χ4v) is 4.39. The van der Waals surface area contributed by atoms with Gasteiger partial charge in [0.15, 0.2) is 4.34 Å². The number of thiazole rings is 1. The molecule has 2 atom stereocenters. The van der Waals surface area contributed by atoms with Gasteiger partial charge in [0.2, 0.25) is 0 Å². The molecule has 0 saturated heterocycles. The van der Waals surface area contributed by atoms with Crippen molar-refractivity contribution in [2.75, 3.05) is 0 Å². The summed E-state index contributed by atoms with van der Waals surface area (Å²) in [5.41, 5.74) is 8.33. The highest BCUT2D eigenvalue weighted by atomic mass is 32.2. The van der Waals surface area contributed by atoms with Crippen LogP contribution in [0.25, 0.3) is 10.2 Å². The summed E-state index contributed by atoms with van der Waals surface area (Å²) >= 11 is 3.43. The van der Waals surface area contributed by atoms with Gasteiger partial charge in [-0.2, -0.15) is 5.10 Å². The summed E-state index contributed by atoms with van der Waals surface area (Å²) in [5.74, 6) is 0. The van der Waals surface area contributed by atoms with E-state index < -0.39 is 0 Å². The van der Waals surface area contributed by atoms with Gasteiger partial charge in [-0.25, -0.2) is 4.98 Å². The third-order valence-corrected chi connectivity index (χ3v) is 5.65. The van der Waals surface area contributed by atoms with Gasteiger partial charge in [0.25, 0.3) is 0 Å². The number of para-hydroxylation sites is 1. The fraction of sp³-hybridized carbons (Fsp3) is 0.286. The summed E-state index contributed by atoms with van der Waals surface area (Å²) in [5, 5.41) is 4.41. The van der Waals surface area contributed by atoms with Gasteiger partial charge < -0.3 is 5.73 Å². The Kier molecular flexibility index (Phi) is 3.78. The van der Waals surface area contributed by atoms with Crippen molar-refractivity contribution in [2.24, 2.45) is 12.8 Å². The van der Waals surface area contributed by atoms with E-state index in [1.54, 1.807) is 23.1 Å². The van der Waals surface area contributed by atoms with Crippen LogP contribution in [0, 0.1) is 0 Å². The van der Waals surface area contributed by atoms with Crippen molar-refractivity contribution in [3.63, 3.8) is 0 Å². The Hall–Kier alpha value is -1.37. The molecule has 2 aromatic heterocycles. The van der Waals surface area contributed by atoms with Gasteiger partial charge in [-0.15, -0.1) is 11.3 Å². The first-order valence-corrected chi connectivity index (χ1v) is 8.09. The number of nitrogens with two attached hydrogens (primary N) is 1. The molecule has 0 fully saturated rings. The zero-order chi connectivity index (χ0) is 14.1. The number of aryl methyl sites for hydroxylation is 1. The maximum Gasteiger partial charge on any atom is 0.151 e. The first-order chi connectivity index (χ1) is 9.63. The summed E-state index contributed by atoms with van der Waals surface area (Å²) < 4.78 is 4.07. The van der Waals surface area contributed by atoms with Crippen LogP contribution in [0.3, 0.4) is 0 Å². The SMILES string of the molecule is CC(N)C(Sc1nc2ccccc2s1)c1cnn(C)c1. The van der Waals surface area contributed by atoms with Gasteiger partial charge in [0.05, 0.1) is 21.7 Å². The molecule has 20 heavy (non-hydrogen) atoms. The lowest BCUT2D eigenvalue weighted by molar-refractivity contribution is 0.718. The molecule has 3 rings (SSSR count). The second-order valence-corrected chi connectivity index (χ2v) is 7.21. The number of fused-ring (bicyclic) bond motifs is 1. The number of aromatic nitrogens is 3. The van der Waals surface area contributed by atoms with E-state index in [4.69, 9.17) is 5.73 Å². The molecule has 4 nitrogen and oxygen atoms in total. The van der Waals surface area contributed by atoms with E-state index >= 15 is 0 Å². The lowest BCUT2D eigenvalue weighted by atomic mass is 10.1. The Bertz CT molecular complexity index is 684. The van der Waals surface area contributed by atoms with Gasteiger partial charge in [-0.3, -0.25) is 4.68 Å². The van der Waals surface area contributed by atoms with Crippen molar-refractivity contribution >= 4 is 33.3 Å². The number of nitrogens with zero attached hydrogens (tertiary/aromatic N) is 3. The van der Waals surface area contributed by atoms with Crippen LogP contribution in [0.5, 0.6) is 0 Å². The normalized spacial score (nSPS) is 14.6. The molecule has 0 saturated carbocycles. The smallest absolute Gasteiger partial charge is 0.151 e. The van der Waals surface area contributed by atoms with Crippen molar-refractivity contribution in [3.05, 3.63) is 42.2 Å². The lowest BCUT2D eigenvalue weighted by Gasteiger charge is -2.17. The average molecular weight is 304 g/mol. The molecule has 2 heterocycles. The van der Waals surface area contributed by atoms with E-state index in [0.717, 1.165) is 15.4 Å². The molecule has 0 aliphatic heterocycles. The molecule has 0 spiro atoms. The quantitative estimate of drug-likeness (QED) is 0.752. The predicted octanol–water partition coefficient (Wildman–Crippen LogP) is 3.21. The number of rotatable bonds is 4. The number of hydrogen-bond acceptors (Lipinski definition) is 5. The molecule has 0 aliphatic carbocycles. The van der Waals surface area contributed by atoms with Crippen LogP contribution in [-0.4, -0.2) is 20.8 Å². The van der Waals surface area contributed by atoms with Crippen LogP contribution in [-0.2, 0) is 7.05 Å². The molecule has 6 heteroatoms. The molecule has 2 N–H and O–H groups in total. The van der Waals surface area contributed by atoms with Gasteiger partial charge >= 0.3 is 0 Å². The summed E-state index contributed by atoms with van der Waals surface area (Å²) in [7, 11) is 1.92. The van der Waals surface area contributed by atoms with E-state index in [1.165, 1.54) is 4.70 Å². The van der Waals surface area contributed by atoms with Crippen molar-refractivity contribution in [1.29, 1.82) is 0 Å². The highest BCUT2D eigenvalue weighted by Gasteiger charge is 2.21. The zero-order valence-corrected chi connectivity index (χ0v) is 13.0. The van der Waals surface area contributed by atoms with E-state index in [2.05, 4.69) is 16.1 Å². The van der Waals surface area contributed by atoms with Crippen LogP contribution in [0.15, 0.2) is 41.0 Å². The van der Waals surface area contributed by atoms with Crippen molar-refractivity contribution in [3.8, 4) is 0 Å². The van der Waals surface area contributed by atoms with Crippen LogP contribution in [0.2, 0.25) is 0 Å². The topological polar surface area (TPSA) is 56.7 Å². The maximum absolute atomic E-state index is 6.14. The molecule has 1 aromatic carbocycles. The largest absolute Gasteiger partial charge is 0.327 e. The first-order valence-electron chi connectivity index (χ1n) is 6.40. The average Bonchev–Trinajstić information content (AvgIpc) is 3.01. The second kappa shape index (κ2) is 5.55. The zero-order valence-electron chi connectivity index (χ0n) is 11.4. The van der Waals surface area contributed by atoms with Gasteiger partial charge in [-0.1, -0.05) is 23.9 Å². The molecular formula is C14H16N4S2. The number of hydrogen-bond donors (Lipinski definition) is 1. The molecule has 0 amide bonds. The highest BCUT2D eigenvalue weighted by molar-refractivity contribution is 8.01. The summed E-state index contributed by atoms with van der Waals surface area (Å²) in [6, 6.07) is 8.24. The van der Waals surface area contributed by atoms with Crippen LogP contribution >= 0.6 is 23.1 Å². The van der Waals surface area contributed by atoms with Gasteiger partial charge in [0, 0.05) is 24.8 Å². The Balaban J connectivity index is 1.89. The lowest BCUT2D eigenvalue weighted by Crippen LogP contribution is -2.22. The summed E-state index contributed by atoms with van der Waals surface area (Å²) in [6.07, 6.45) is 3.91. The van der Waals surface area contributed by atoms with Crippen LogP contribution in [0.4, 0.5) is 0 Å². The van der Waals surface area contributed by atoms with Crippen molar-refractivity contribution in [1.82, 2.24) is 14.8 Å². The molecule has 0 radical (unpaired) electrons. The molecule has 104 valence electrons. The standard InChI is InChI=1S/C14H16N4S2/c1-9(15)13(10-7-16-18(2)8-10)20-14-17-11-5-3-4-6-12(11)19-14/h3-9,13H,15H2,1-2H3. The third kappa shape index (κ3) is 2.72. The predicted molar refractivity (Wildman–Crippen MR) is 85.1 cm³/mol. The minimum Gasteiger partial charge on any atom is -0.327 e. The minimum absolute atomic E-state index is 0.0382. The third-order valence-electron chi connectivity index (χ3n) is 3.03. The van der Waals surface area contributed by atoms with Crippen molar-refractivity contribution in [2.45, 2.75) is 22.6 Å². The Morgan fingerprint density at radius 1 is 1.35 bits per heavy atom. The second-order valence-electron chi connectivity index (χ2n) is 4.79. The van der Waals surface area contributed by atoms with E-state index in [1.807, 2.05) is 49.2 Å². The van der Waals surface area contributed by atoms with Crippen LogP contribution < -0.4 is 5.73 Å². The summed E-state index contributed by atoms with van der Waals surface area (Å²) in [4.78, 5) is 4.67. The molecule has 3 aromatic rings. The Morgan fingerprint density at radius 3 is 2.80 bits per heavy atom. The number of thioether (sulfide) groups is 1. The van der Waals surface area contributed by atoms with Crippen molar-refractivity contribution < 1.29 is 0 Å². The molecular weight excluding hydrogens is 288 g/mol. The minimum atomic E-state index is 0.0382. The number of benzene rings is 1. The summed E-state index contributed by atoms with van der Waals surface area (Å²) in [6.45, 7) is 2.03. The monoisotopic (exact) mass is 304 g/mol. The maximum atomic E-state index is 6.14. The van der Waals surface area contributed by atoms with E-state index in [-0.39, 0.29) is 11.3 Å². The first kappa shape index (κ1) is 13.6. The van der Waals surface area contributed by atoms with E-state index in [9.17, 15) is 0 Å². The molecule has 0 bridgehead atoms. The molecule has 2 unspecified atom stereocenters.